The molecule has 2 aliphatic heterocycles. The van der Waals surface area contributed by atoms with Gasteiger partial charge in [0.05, 0.1) is 23.6 Å². The van der Waals surface area contributed by atoms with E-state index in [9.17, 15) is 24.5 Å². The average molecular weight is 443 g/mol. The first-order chi connectivity index (χ1) is 15.0. The van der Waals surface area contributed by atoms with Gasteiger partial charge in [-0.25, -0.2) is 0 Å². The summed E-state index contributed by atoms with van der Waals surface area (Å²) in [5.74, 6) is -0.930. The van der Waals surface area contributed by atoms with Crippen molar-refractivity contribution < 1.29 is 28.8 Å². The zero-order chi connectivity index (χ0) is 22.0. The molecule has 4 rings (SSSR count). The molecule has 0 aliphatic carbocycles. The fraction of sp³-hybridized carbons (Fsp3) is 0.250. The second-order valence-corrected chi connectivity index (χ2v) is 7.76. The minimum atomic E-state index is -0.981. The minimum absolute atomic E-state index is 0.00474. The van der Waals surface area contributed by atoms with Gasteiger partial charge in [0.1, 0.15) is 0 Å². The Morgan fingerprint density at radius 2 is 1.90 bits per heavy atom. The van der Waals surface area contributed by atoms with Crippen molar-refractivity contribution in [1.82, 2.24) is 9.80 Å². The number of thioether (sulfide) groups is 1. The number of para-hydroxylation sites is 1. The van der Waals surface area contributed by atoms with Crippen LogP contribution >= 0.6 is 11.8 Å². The van der Waals surface area contributed by atoms with Gasteiger partial charge in [-0.15, -0.1) is 0 Å². The lowest BCUT2D eigenvalue weighted by molar-refractivity contribution is -0.386. The van der Waals surface area contributed by atoms with Crippen LogP contribution in [-0.2, 0) is 16.1 Å². The van der Waals surface area contributed by atoms with Crippen molar-refractivity contribution in [3.8, 4) is 5.75 Å². The second-order valence-electron chi connectivity index (χ2n) is 6.75. The molecule has 160 valence electrons. The van der Waals surface area contributed by atoms with E-state index >= 15 is 0 Å². The summed E-state index contributed by atoms with van der Waals surface area (Å²) in [6.07, 6.45) is 0. The Bertz CT molecular complexity index is 1050. The van der Waals surface area contributed by atoms with Crippen molar-refractivity contribution in [2.24, 2.45) is 0 Å². The van der Waals surface area contributed by atoms with Crippen molar-refractivity contribution in [2.45, 2.75) is 12.0 Å². The molecule has 2 heterocycles. The van der Waals surface area contributed by atoms with Crippen molar-refractivity contribution in [1.29, 1.82) is 0 Å². The Labute approximate surface area is 180 Å². The maximum atomic E-state index is 12.6. The number of nitrogens with zero attached hydrogens (tertiary/aromatic N) is 3. The number of hydrogen-bond acceptors (Lipinski definition) is 8. The molecular weight excluding hydrogens is 426 g/mol. The number of ether oxygens (including phenoxy) is 2. The molecular formula is C20H17N3O7S. The number of nitro groups is 1. The van der Waals surface area contributed by atoms with E-state index in [1.54, 1.807) is 0 Å². The van der Waals surface area contributed by atoms with Crippen LogP contribution in [0.1, 0.15) is 15.9 Å². The van der Waals surface area contributed by atoms with Gasteiger partial charge < -0.3 is 14.4 Å². The van der Waals surface area contributed by atoms with E-state index in [1.807, 2.05) is 30.3 Å². The quantitative estimate of drug-likeness (QED) is 0.473. The number of carbonyl (C=O) groups excluding carboxylic acids is 3. The van der Waals surface area contributed by atoms with Crippen molar-refractivity contribution in [3.63, 3.8) is 0 Å². The Morgan fingerprint density at radius 1 is 1.13 bits per heavy atom. The normalized spacial score (nSPS) is 18.2. The molecule has 1 saturated heterocycles. The van der Waals surface area contributed by atoms with Crippen LogP contribution in [0.3, 0.4) is 0 Å². The molecule has 0 aromatic heterocycles. The summed E-state index contributed by atoms with van der Waals surface area (Å²) in [4.78, 5) is 50.3. The first-order valence-electron chi connectivity index (χ1n) is 9.32. The average Bonchev–Trinajstić information content (AvgIpc) is 3.03. The smallest absolute Gasteiger partial charge is 0.311 e. The highest BCUT2D eigenvalue weighted by Gasteiger charge is 2.40. The first kappa shape index (κ1) is 20.8. The molecule has 0 bridgehead atoms. The highest BCUT2D eigenvalue weighted by atomic mass is 32.2. The Morgan fingerprint density at radius 3 is 2.65 bits per heavy atom. The highest BCUT2D eigenvalue weighted by molar-refractivity contribution is 8.15. The van der Waals surface area contributed by atoms with Crippen LogP contribution in [0.15, 0.2) is 48.5 Å². The molecule has 31 heavy (non-hydrogen) atoms. The molecule has 0 saturated carbocycles. The van der Waals surface area contributed by atoms with Gasteiger partial charge in [-0.3, -0.25) is 29.4 Å². The monoisotopic (exact) mass is 443 g/mol. The molecule has 0 radical (unpaired) electrons. The molecule has 1 unspecified atom stereocenters. The third-order valence-corrected chi connectivity index (χ3v) is 5.76. The minimum Gasteiger partial charge on any atom is -0.465 e. The summed E-state index contributed by atoms with van der Waals surface area (Å²) < 4.78 is 11.0. The third-order valence-electron chi connectivity index (χ3n) is 4.78. The van der Waals surface area contributed by atoms with Crippen molar-refractivity contribution in [2.75, 3.05) is 19.9 Å². The number of benzene rings is 2. The fourth-order valence-corrected chi connectivity index (χ4v) is 4.09. The van der Waals surface area contributed by atoms with Crippen LogP contribution in [0.2, 0.25) is 0 Å². The lowest BCUT2D eigenvalue weighted by Gasteiger charge is -2.28. The zero-order valence-corrected chi connectivity index (χ0v) is 16.9. The van der Waals surface area contributed by atoms with E-state index in [4.69, 9.17) is 9.47 Å². The zero-order valence-electron chi connectivity index (χ0n) is 16.1. The molecule has 2 aromatic rings. The van der Waals surface area contributed by atoms with Crippen molar-refractivity contribution in [3.05, 3.63) is 69.8 Å². The van der Waals surface area contributed by atoms with Crippen LogP contribution in [0.5, 0.6) is 5.75 Å². The maximum absolute atomic E-state index is 12.6. The van der Waals surface area contributed by atoms with E-state index in [0.717, 1.165) is 22.2 Å². The summed E-state index contributed by atoms with van der Waals surface area (Å²) in [6, 6.07) is 13.3. The van der Waals surface area contributed by atoms with E-state index in [2.05, 4.69) is 0 Å². The molecule has 1 fully saturated rings. The predicted octanol–water partition coefficient (Wildman–Crippen LogP) is 2.63. The number of amides is 3. The summed E-state index contributed by atoms with van der Waals surface area (Å²) in [5, 5.41) is 10.7. The largest absolute Gasteiger partial charge is 0.465 e. The summed E-state index contributed by atoms with van der Waals surface area (Å²) in [7, 11) is 0. The number of rotatable bonds is 7. The Hall–Kier alpha value is -3.44. The first-order valence-corrected chi connectivity index (χ1v) is 10.2. The van der Waals surface area contributed by atoms with Gasteiger partial charge >= 0.3 is 5.69 Å². The van der Waals surface area contributed by atoms with E-state index in [-0.39, 0.29) is 43.4 Å². The van der Waals surface area contributed by atoms with Gasteiger partial charge in [-0.05, 0) is 23.4 Å². The molecule has 0 spiro atoms. The van der Waals surface area contributed by atoms with Crippen LogP contribution < -0.4 is 4.74 Å². The molecule has 1 atom stereocenters. The number of fused-ring (bicyclic) bond motifs is 1. The number of imide groups is 1. The molecule has 2 aromatic carbocycles. The summed E-state index contributed by atoms with van der Waals surface area (Å²) in [6.45, 7) is 0.0810. The maximum Gasteiger partial charge on any atom is 0.311 e. The van der Waals surface area contributed by atoms with Crippen LogP contribution in [0.25, 0.3) is 0 Å². The number of hydrogen-bond donors (Lipinski definition) is 0. The van der Waals surface area contributed by atoms with E-state index < -0.39 is 27.4 Å². The van der Waals surface area contributed by atoms with E-state index in [1.165, 1.54) is 23.1 Å². The summed E-state index contributed by atoms with van der Waals surface area (Å²) in [5.41, 5.74) is -0.331. The molecule has 10 nitrogen and oxygen atoms in total. The number of carbonyl (C=O) groups is 3. The Balaban J connectivity index is 1.33. The molecule has 0 N–H and O–H groups in total. The van der Waals surface area contributed by atoms with Crippen LogP contribution in [0, 0.1) is 10.1 Å². The SMILES string of the molecule is O=C1c2cccc([N+](=O)[O-])c2OCN1CCOC1SC(=O)N(Cc2ccccc2)C1=O. The second kappa shape index (κ2) is 8.74. The Kier molecular flexibility index (Phi) is 5.87. The number of nitro benzene ring substituents is 1. The molecule has 2 aliphatic rings. The highest BCUT2D eigenvalue weighted by Crippen LogP contribution is 2.34. The van der Waals surface area contributed by atoms with Crippen LogP contribution in [0.4, 0.5) is 10.5 Å². The third kappa shape index (κ3) is 4.23. The van der Waals surface area contributed by atoms with Gasteiger partial charge in [0.25, 0.3) is 17.1 Å². The van der Waals surface area contributed by atoms with Crippen molar-refractivity contribution >= 4 is 34.5 Å². The standard InChI is InChI=1S/C20H17N3O7S/c24-17-14-7-4-8-15(23(27)28)16(14)30-12-21(17)9-10-29-19-18(25)22(20(26)31-19)11-13-5-2-1-3-6-13/h1-8,19H,9-12H2. The lowest BCUT2D eigenvalue weighted by Crippen LogP contribution is -2.41. The fourth-order valence-electron chi connectivity index (χ4n) is 3.23. The van der Waals surface area contributed by atoms with Gasteiger partial charge in [0.2, 0.25) is 5.75 Å². The van der Waals surface area contributed by atoms with Gasteiger partial charge in [0, 0.05) is 12.6 Å². The van der Waals surface area contributed by atoms with Gasteiger partial charge in [0.15, 0.2) is 12.2 Å². The van der Waals surface area contributed by atoms with Gasteiger partial charge in [-0.2, -0.15) is 0 Å². The lowest BCUT2D eigenvalue weighted by atomic mass is 10.1. The van der Waals surface area contributed by atoms with Gasteiger partial charge in [-0.1, -0.05) is 36.4 Å². The summed E-state index contributed by atoms with van der Waals surface area (Å²) >= 11 is 0.788. The van der Waals surface area contributed by atoms with E-state index in [0.29, 0.717) is 0 Å². The molecule has 3 amide bonds. The van der Waals surface area contributed by atoms with Crippen LogP contribution in [-0.4, -0.2) is 57.1 Å². The predicted molar refractivity (Wildman–Crippen MR) is 109 cm³/mol. The molecule has 11 heteroatoms. The topological polar surface area (TPSA) is 119 Å².